The molecule has 1 saturated heterocycles. The van der Waals surface area contributed by atoms with Crippen molar-refractivity contribution in [2.24, 2.45) is 5.92 Å². The Morgan fingerprint density at radius 2 is 2.06 bits per heavy atom. The van der Waals surface area contributed by atoms with Crippen LogP contribution in [0.5, 0.6) is 0 Å². The number of rotatable bonds is 9. The standard InChI is InChI=1S/C26H29Cl2N5O3/c1-15(2)32-24-10-20(21(28)13-31-24)18-9-22(30-12-18)25(34)33-23(16-4-3-5-19(27)8-16)14-36-26(35)17-6-7-29-11-17/h3-5,8-10,12-13,15,17,23,29-30H,6-7,11,14H2,1-2H3,(H,31,32)(H,33,34)/t17-,23?/m0/s1. The predicted molar refractivity (Wildman–Crippen MR) is 141 cm³/mol. The number of esters is 1. The Hall–Kier alpha value is -3.07. The number of carbonyl (C=O) groups excluding carboxylic acids is 2. The van der Waals surface area contributed by atoms with E-state index in [0.29, 0.717) is 28.1 Å². The molecule has 8 nitrogen and oxygen atoms in total. The molecule has 4 rings (SSSR count). The van der Waals surface area contributed by atoms with E-state index in [9.17, 15) is 9.59 Å². The number of hydrogen-bond donors (Lipinski definition) is 4. The molecule has 0 spiro atoms. The number of pyridine rings is 1. The molecule has 0 aliphatic carbocycles. The zero-order valence-corrected chi connectivity index (χ0v) is 21.6. The number of aromatic amines is 1. The molecular formula is C26H29Cl2N5O3. The quantitative estimate of drug-likeness (QED) is 0.295. The Morgan fingerprint density at radius 3 is 2.78 bits per heavy atom. The zero-order valence-electron chi connectivity index (χ0n) is 20.1. The Labute approximate surface area is 220 Å². The van der Waals surface area contributed by atoms with Gasteiger partial charge in [-0.15, -0.1) is 0 Å². The number of amides is 1. The van der Waals surface area contributed by atoms with E-state index in [1.165, 1.54) is 0 Å². The summed E-state index contributed by atoms with van der Waals surface area (Å²) in [5.74, 6) is -0.110. The maximum absolute atomic E-state index is 13.2. The van der Waals surface area contributed by atoms with Crippen LogP contribution in [0.25, 0.3) is 11.1 Å². The van der Waals surface area contributed by atoms with Crippen molar-refractivity contribution in [2.45, 2.75) is 32.4 Å². The summed E-state index contributed by atoms with van der Waals surface area (Å²) in [6.07, 6.45) is 4.04. The third-order valence-corrected chi connectivity index (χ3v) is 6.41. The third kappa shape index (κ3) is 6.57. The summed E-state index contributed by atoms with van der Waals surface area (Å²) in [4.78, 5) is 32.9. The highest BCUT2D eigenvalue weighted by molar-refractivity contribution is 6.33. The predicted octanol–water partition coefficient (Wildman–Crippen LogP) is 4.83. The van der Waals surface area contributed by atoms with E-state index < -0.39 is 6.04 Å². The van der Waals surface area contributed by atoms with Gasteiger partial charge in [-0.25, -0.2) is 4.98 Å². The monoisotopic (exact) mass is 529 g/mol. The van der Waals surface area contributed by atoms with Gasteiger partial charge in [0.1, 0.15) is 18.1 Å². The Kier molecular flexibility index (Phi) is 8.51. The maximum Gasteiger partial charge on any atom is 0.310 e. The topological polar surface area (TPSA) is 108 Å². The lowest BCUT2D eigenvalue weighted by Crippen LogP contribution is -2.33. The number of nitrogens with one attached hydrogen (secondary N) is 4. The van der Waals surface area contributed by atoms with E-state index in [2.05, 4.69) is 25.9 Å². The van der Waals surface area contributed by atoms with Gasteiger partial charge in [0.15, 0.2) is 0 Å². The van der Waals surface area contributed by atoms with E-state index in [4.69, 9.17) is 27.9 Å². The first-order valence-electron chi connectivity index (χ1n) is 11.8. The molecule has 1 aliphatic heterocycles. The molecule has 1 amide bonds. The Bertz CT molecular complexity index is 1220. The molecule has 2 aromatic heterocycles. The van der Waals surface area contributed by atoms with Gasteiger partial charge in [0.05, 0.1) is 17.0 Å². The fourth-order valence-electron chi connectivity index (χ4n) is 4.04. The molecule has 1 aliphatic rings. The smallest absolute Gasteiger partial charge is 0.310 e. The van der Waals surface area contributed by atoms with E-state index in [1.54, 1.807) is 36.7 Å². The van der Waals surface area contributed by atoms with E-state index in [-0.39, 0.29) is 30.4 Å². The van der Waals surface area contributed by atoms with Crippen LogP contribution in [0.1, 0.15) is 42.4 Å². The number of H-pyrrole nitrogens is 1. The molecule has 1 fully saturated rings. The van der Waals surface area contributed by atoms with Crippen molar-refractivity contribution in [1.29, 1.82) is 0 Å². The summed E-state index contributed by atoms with van der Waals surface area (Å²) in [7, 11) is 0. The van der Waals surface area contributed by atoms with Crippen molar-refractivity contribution in [3.8, 4) is 11.1 Å². The minimum atomic E-state index is -0.576. The second-order valence-electron chi connectivity index (χ2n) is 9.05. The summed E-state index contributed by atoms with van der Waals surface area (Å²) in [5, 5.41) is 10.4. The molecular weight excluding hydrogens is 501 g/mol. The van der Waals surface area contributed by atoms with Crippen molar-refractivity contribution in [3.63, 3.8) is 0 Å². The lowest BCUT2D eigenvalue weighted by atomic mass is 10.1. The van der Waals surface area contributed by atoms with Gasteiger partial charge in [-0.05, 0) is 56.6 Å². The van der Waals surface area contributed by atoms with Crippen LogP contribution in [0.3, 0.4) is 0 Å². The molecule has 0 bridgehead atoms. The number of aromatic nitrogens is 2. The third-order valence-electron chi connectivity index (χ3n) is 5.87. The van der Waals surface area contributed by atoms with Gasteiger partial charge in [0, 0.05) is 41.1 Å². The average molecular weight is 530 g/mol. The van der Waals surface area contributed by atoms with Crippen LogP contribution in [0.15, 0.2) is 48.8 Å². The van der Waals surface area contributed by atoms with E-state index in [0.717, 1.165) is 29.7 Å². The van der Waals surface area contributed by atoms with Gasteiger partial charge in [-0.2, -0.15) is 0 Å². The van der Waals surface area contributed by atoms with Crippen molar-refractivity contribution < 1.29 is 14.3 Å². The second kappa shape index (κ2) is 11.8. The van der Waals surface area contributed by atoms with Crippen LogP contribution in [-0.4, -0.2) is 47.6 Å². The number of ether oxygens (including phenoxy) is 1. The number of hydrogen-bond acceptors (Lipinski definition) is 6. The minimum Gasteiger partial charge on any atom is -0.463 e. The first-order chi connectivity index (χ1) is 17.3. The zero-order chi connectivity index (χ0) is 25.7. The first kappa shape index (κ1) is 26.0. The summed E-state index contributed by atoms with van der Waals surface area (Å²) >= 11 is 12.6. The van der Waals surface area contributed by atoms with Crippen LogP contribution in [0.4, 0.5) is 5.82 Å². The summed E-state index contributed by atoms with van der Waals surface area (Å²) < 4.78 is 5.58. The van der Waals surface area contributed by atoms with Gasteiger partial charge < -0.3 is 25.7 Å². The van der Waals surface area contributed by atoms with Crippen LogP contribution in [0.2, 0.25) is 10.0 Å². The average Bonchev–Trinajstić information content (AvgIpc) is 3.55. The van der Waals surface area contributed by atoms with Crippen LogP contribution < -0.4 is 16.0 Å². The molecule has 2 atom stereocenters. The normalized spacial score (nSPS) is 16.1. The van der Waals surface area contributed by atoms with Gasteiger partial charge in [0.25, 0.3) is 5.91 Å². The highest BCUT2D eigenvalue weighted by Gasteiger charge is 2.26. The summed E-state index contributed by atoms with van der Waals surface area (Å²) in [6, 6.07) is 10.3. The van der Waals surface area contributed by atoms with Gasteiger partial charge >= 0.3 is 5.97 Å². The van der Waals surface area contributed by atoms with E-state index in [1.807, 2.05) is 26.0 Å². The van der Waals surface area contributed by atoms with Crippen molar-refractivity contribution in [2.75, 3.05) is 25.0 Å². The molecule has 36 heavy (non-hydrogen) atoms. The second-order valence-corrected chi connectivity index (χ2v) is 9.89. The Morgan fingerprint density at radius 1 is 1.22 bits per heavy atom. The van der Waals surface area contributed by atoms with Crippen molar-refractivity contribution >= 4 is 40.9 Å². The molecule has 10 heteroatoms. The van der Waals surface area contributed by atoms with Gasteiger partial charge in [-0.1, -0.05) is 35.3 Å². The largest absolute Gasteiger partial charge is 0.463 e. The maximum atomic E-state index is 13.2. The molecule has 0 radical (unpaired) electrons. The SMILES string of the molecule is CC(C)Nc1cc(-c2c[nH]c(C(=O)NC(COC(=O)[C@H]3CCNC3)c3cccc(Cl)c3)c2)c(Cl)cn1. The molecule has 190 valence electrons. The molecule has 4 N–H and O–H groups in total. The van der Waals surface area contributed by atoms with Gasteiger partial charge in [0.2, 0.25) is 0 Å². The fraction of sp³-hybridized carbons (Fsp3) is 0.346. The highest BCUT2D eigenvalue weighted by atomic mass is 35.5. The number of carbonyl (C=O) groups is 2. The van der Waals surface area contributed by atoms with E-state index >= 15 is 0 Å². The number of halogens is 2. The molecule has 0 saturated carbocycles. The summed E-state index contributed by atoms with van der Waals surface area (Å²) in [6.45, 7) is 5.43. The van der Waals surface area contributed by atoms with Crippen LogP contribution in [0, 0.1) is 5.92 Å². The fourth-order valence-corrected chi connectivity index (χ4v) is 4.45. The molecule has 3 aromatic rings. The highest BCUT2D eigenvalue weighted by Crippen LogP contribution is 2.30. The number of benzene rings is 1. The Balaban J connectivity index is 1.50. The lowest BCUT2D eigenvalue weighted by Gasteiger charge is -2.20. The summed E-state index contributed by atoms with van der Waals surface area (Å²) in [5.41, 5.74) is 2.57. The first-order valence-corrected chi connectivity index (χ1v) is 12.6. The molecule has 3 heterocycles. The number of nitrogens with zero attached hydrogens (tertiary/aromatic N) is 1. The molecule has 1 aromatic carbocycles. The number of anilines is 1. The van der Waals surface area contributed by atoms with Gasteiger partial charge in [-0.3, -0.25) is 9.59 Å². The molecule has 1 unspecified atom stereocenters. The van der Waals surface area contributed by atoms with Crippen LogP contribution >= 0.6 is 23.2 Å². The van der Waals surface area contributed by atoms with Crippen molar-refractivity contribution in [1.82, 2.24) is 20.6 Å². The van der Waals surface area contributed by atoms with Crippen molar-refractivity contribution in [3.05, 3.63) is 70.1 Å². The lowest BCUT2D eigenvalue weighted by molar-refractivity contribution is -0.148. The van der Waals surface area contributed by atoms with Crippen LogP contribution in [-0.2, 0) is 9.53 Å². The minimum absolute atomic E-state index is 0.00457.